The molecule has 2 aliphatic rings. The Hall–Kier alpha value is -7.30. The maximum atomic E-state index is 14.4. The molecular weight excluding hydrogens is 703 g/mol. The molecule has 57 heavy (non-hydrogen) atoms. The van der Waals surface area contributed by atoms with Gasteiger partial charge in [-0.25, -0.2) is 8.78 Å². The molecule has 0 N–H and O–H groups in total. The number of hydrogen-bond donors (Lipinski definition) is 0. The third kappa shape index (κ3) is 4.94. The monoisotopic (exact) mass is 736 g/mol. The Kier molecular flexibility index (Phi) is 7.48. The maximum absolute atomic E-state index is 14.4. The number of rotatable bonds is 6. The van der Waals surface area contributed by atoms with Crippen molar-refractivity contribution >= 4 is 44.9 Å². The van der Waals surface area contributed by atoms with Crippen molar-refractivity contribution in [2.45, 2.75) is 5.41 Å². The highest BCUT2D eigenvalue weighted by molar-refractivity contribution is 6.12. The zero-order chi connectivity index (χ0) is 38.1. The van der Waals surface area contributed by atoms with Crippen molar-refractivity contribution in [3.05, 3.63) is 240 Å². The molecule has 0 unspecified atom stereocenters. The van der Waals surface area contributed by atoms with Gasteiger partial charge in [0.15, 0.2) is 0 Å². The summed E-state index contributed by atoms with van der Waals surface area (Å²) in [5.74, 6) is -0.546. The molecule has 0 heterocycles. The summed E-state index contributed by atoms with van der Waals surface area (Å²) in [5, 5.41) is 2.29. The van der Waals surface area contributed by atoms with Crippen LogP contribution < -0.4 is 9.80 Å². The third-order valence-corrected chi connectivity index (χ3v) is 11.8. The number of nitrogens with zero attached hydrogens (tertiary/aromatic N) is 2. The molecule has 0 atom stereocenters. The first-order chi connectivity index (χ1) is 28.1. The first kappa shape index (κ1) is 33.1. The highest BCUT2D eigenvalue weighted by Gasteiger charge is 2.50. The van der Waals surface area contributed by atoms with Gasteiger partial charge in [-0.05, 0) is 141 Å². The first-order valence-electron chi connectivity index (χ1n) is 19.2. The van der Waals surface area contributed by atoms with E-state index >= 15 is 0 Å². The molecule has 0 radical (unpaired) electrons. The van der Waals surface area contributed by atoms with Crippen LogP contribution >= 0.6 is 0 Å². The van der Waals surface area contributed by atoms with Crippen LogP contribution in [0.25, 0.3) is 33.0 Å². The average molecular weight is 737 g/mol. The van der Waals surface area contributed by atoms with Crippen LogP contribution in [0.2, 0.25) is 0 Å². The van der Waals surface area contributed by atoms with E-state index in [1.165, 1.54) is 63.0 Å². The lowest BCUT2D eigenvalue weighted by molar-refractivity contribution is 0.627. The van der Waals surface area contributed by atoms with Crippen LogP contribution in [0.5, 0.6) is 0 Å². The smallest absolute Gasteiger partial charge is 0.123 e. The summed E-state index contributed by atoms with van der Waals surface area (Å²) in [6.45, 7) is 0. The van der Waals surface area contributed by atoms with E-state index in [0.717, 1.165) is 50.6 Å². The van der Waals surface area contributed by atoms with Crippen molar-refractivity contribution in [2.24, 2.45) is 0 Å². The summed E-state index contributed by atoms with van der Waals surface area (Å²) >= 11 is 0. The molecule has 0 aliphatic heterocycles. The molecule has 9 aromatic carbocycles. The normalized spacial score (nSPS) is 12.9. The van der Waals surface area contributed by atoms with Crippen molar-refractivity contribution in [1.29, 1.82) is 0 Å². The Morgan fingerprint density at radius 2 is 0.772 bits per heavy atom. The summed E-state index contributed by atoms with van der Waals surface area (Å²) < 4.78 is 28.7. The second-order valence-corrected chi connectivity index (χ2v) is 14.7. The summed E-state index contributed by atoms with van der Waals surface area (Å²) in [4.78, 5) is 4.43. The summed E-state index contributed by atoms with van der Waals surface area (Å²) in [5.41, 5.74) is 14.6. The second kappa shape index (κ2) is 12.9. The Balaban J connectivity index is 1.24. The molecule has 9 aromatic rings. The van der Waals surface area contributed by atoms with E-state index in [0.29, 0.717) is 0 Å². The van der Waals surface area contributed by atoms with Crippen molar-refractivity contribution < 1.29 is 8.78 Å². The summed E-state index contributed by atoms with van der Waals surface area (Å²) in [6, 6.07) is 69.7. The van der Waals surface area contributed by atoms with Crippen molar-refractivity contribution in [2.75, 3.05) is 9.80 Å². The topological polar surface area (TPSA) is 6.48 Å². The quantitative estimate of drug-likeness (QED) is 0.168. The van der Waals surface area contributed by atoms with Gasteiger partial charge in [-0.3, -0.25) is 0 Å². The highest BCUT2D eigenvalue weighted by atomic mass is 19.1. The van der Waals surface area contributed by atoms with Crippen LogP contribution in [-0.4, -0.2) is 0 Å². The Labute approximate surface area is 330 Å². The molecular formula is C53H34F2N2. The number of anilines is 6. The van der Waals surface area contributed by atoms with E-state index in [2.05, 4.69) is 131 Å². The number of fused-ring (bicyclic) bond motifs is 9. The lowest BCUT2D eigenvalue weighted by Crippen LogP contribution is -2.32. The van der Waals surface area contributed by atoms with Gasteiger partial charge in [-0.15, -0.1) is 0 Å². The lowest BCUT2D eigenvalue weighted by Gasteiger charge is -2.41. The molecule has 270 valence electrons. The minimum absolute atomic E-state index is 0.273. The molecule has 0 saturated heterocycles. The molecule has 11 rings (SSSR count). The van der Waals surface area contributed by atoms with Gasteiger partial charge in [0.25, 0.3) is 0 Å². The average Bonchev–Trinajstić information content (AvgIpc) is 3.56. The fraction of sp³-hybridized carbons (Fsp3) is 0.0189. The van der Waals surface area contributed by atoms with Gasteiger partial charge in [0.2, 0.25) is 0 Å². The van der Waals surface area contributed by atoms with Gasteiger partial charge in [-0.2, -0.15) is 0 Å². The van der Waals surface area contributed by atoms with Crippen molar-refractivity contribution in [3.63, 3.8) is 0 Å². The minimum atomic E-state index is -0.664. The van der Waals surface area contributed by atoms with E-state index in [4.69, 9.17) is 0 Å². The molecule has 2 nitrogen and oxygen atoms in total. The predicted molar refractivity (Wildman–Crippen MR) is 230 cm³/mol. The molecule has 4 heteroatoms. The van der Waals surface area contributed by atoms with Gasteiger partial charge in [-0.1, -0.05) is 115 Å². The molecule has 0 saturated carbocycles. The third-order valence-electron chi connectivity index (χ3n) is 11.8. The number of hydrogen-bond acceptors (Lipinski definition) is 2. The molecule has 0 fully saturated rings. The molecule has 1 spiro atoms. The van der Waals surface area contributed by atoms with Gasteiger partial charge in [0, 0.05) is 33.8 Å². The largest absolute Gasteiger partial charge is 0.310 e. The zero-order valence-electron chi connectivity index (χ0n) is 30.8. The zero-order valence-corrected chi connectivity index (χ0v) is 30.8. The fourth-order valence-electron chi connectivity index (χ4n) is 9.51. The van der Waals surface area contributed by atoms with E-state index in [1.54, 1.807) is 0 Å². The Bertz CT molecular complexity index is 2930. The summed E-state index contributed by atoms with van der Waals surface area (Å²) in [7, 11) is 0. The SMILES string of the molecule is Fc1ccc(N(c2ccccc2)c2ccc3c(c2)C2(c4ccccc4-c4ccccc42)c2cccc4c(N(c5ccccc5)c5ccc(F)cc5)ccc-3c24)cc1. The molecule has 0 aromatic heterocycles. The Morgan fingerprint density at radius 3 is 1.39 bits per heavy atom. The molecule has 2 aliphatic carbocycles. The maximum Gasteiger partial charge on any atom is 0.123 e. The van der Waals surface area contributed by atoms with Crippen molar-refractivity contribution in [1.82, 2.24) is 0 Å². The van der Waals surface area contributed by atoms with Crippen LogP contribution in [0, 0.1) is 11.6 Å². The molecule has 0 amide bonds. The number of halogens is 2. The van der Waals surface area contributed by atoms with E-state index in [9.17, 15) is 8.78 Å². The number of para-hydroxylation sites is 2. The highest BCUT2D eigenvalue weighted by Crippen LogP contribution is 2.63. The van der Waals surface area contributed by atoms with Gasteiger partial charge in [0.1, 0.15) is 11.6 Å². The lowest BCUT2D eigenvalue weighted by atomic mass is 9.61. The van der Waals surface area contributed by atoms with Crippen molar-refractivity contribution in [3.8, 4) is 22.3 Å². The van der Waals surface area contributed by atoms with Crippen LogP contribution in [0.4, 0.5) is 42.9 Å². The van der Waals surface area contributed by atoms with Gasteiger partial charge >= 0.3 is 0 Å². The van der Waals surface area contributed by atoms with Crippen LogP contribution in [0.1, 0.15) is 22.3 Å². The van der Waals surface area contributed by atoms with Crippen LogP contribution in [-0.2, 0) is 5.41 Å². The summed E-state index contributed by atoms with van der Waals surface area (Å²) in [6.07, 6.45) is 0. The van der Waals surface area contributed by atoms with Crippen LogP contribution in [0.3, 0.4) is 0 Å². The minimum Gasteiger partial charge on any atom is -0.310 e. The van der Waals surface area contributed by atoms with Crippen LogP contribution in [0.15, 0.2) is 206 Å². The van der Waals surface area contributed by atoms with E-state index in [1.807, 2.05) is 60.7 Å². The fourth-order valence-corrected chi connectivity index (χ4v) is 9.51. The predicted octanol–water partition coefficient (Wildman–Crippen LogP) is 14.4. The molecule has 0 bridgehead atoms. The second-order valence-electron chi connectivity index (χ2n) is 14.7. The van der Waals surface area contributed by atoms with Gasteiger partial charge in [0.05, 0.1) is 11.1 Å². The van der Waals surface area contributed by atoms with E-state index < -0.39 is 5.41 Å². The van der Waals surface area contributed by atoms with Gasteiger partial charge < -0.3 is 9.80 Å². The van der Waals surface area contributed by atoms with E-state index in [-0.39, 0.29) is 11.6 Å². The Morgan fingerprint density at radius 1 is 0.316 bits per heavy atom. The standard InChI is InChI=1S/C53H34F2N2/c54-35-22-26-39(27-23-35)56(37-12-3-1-4-13-37)41-30-31-44-45-32-33-51(57(38-14-5-2-6-15-38)40-28-24-36(55)25-29-40)46-18-11-21-49(52(45)46)53(50(44)34-41)47-19-9-7-16-42(47)43-17-8-10-20-48(43)53/h1-34H. The number of benzene rings is 9. The first-order valence-corrected chi connectivity index (χ1v) is 19.2.